The number of para-hydroxylation sites is 1. The van der Waals surface area contributed by atoms with E-state index in [1.807, 2.05) is 41.5 Å². The predicted octanol–water partition coefficient (Wildman–Crippen LogP) is -3.96. The molecule has 2 amide bonds. The number of rotatable bonds is 28. The van der Waals surface area contributed by atoms with Crippen LogP contribution in [0.3, 0.4) is 0 Å². The summed E-state index contributed by atoms with van der Waals surface area (Å²) < 4.78 is 58.2. The van der Waals surface area contributed by atoms with Crippen LogP contribution in [0, 0.1) is 17.8 Å². The summed E-state index contributed by atoms with van der Waals surface area (Å²) in [6.07, 6.45) is -11.0. The molecule has 1 aromatic carbocycles. The highest BCUT2D eigenvalue weighted by molar-refractivity contribution is 7.52. The van der Waals surface area contributed by atoms with Gasteiger partial charge in [0, 0.05) is 12.8 Å². The first-order valence-electron chi connectivity index (χ1n) is 34.0. The van der Waals surface area contributed by atoms with Crippen LogP contribution in [-0.2, 0) is 56.7 Å². The molecule has 0 spiro atoms. The van der Waals surface area contributed by atoms with Crippen LogP contribution in [0.5, 0.6) is 5.75 Å². The maximum absolute atomic E-state index is 13.6. The van der Waals surface area contributed by atoms with Crippen molar-refractivity contribution in [3.8, 4) is 5.75 Å². The molecule has 0 radical (unpaired) electrons. The number of nitrogens with zero attached hydrogens (tertiary/aromatic N) is 12. The standard InChI is InChI=1S/C22H32N5O8P.C16H26N4O6.C15H25N5O5.C10H14N4O6/c1-13(2)11-32-22(30)14(3)26-36(31,35-16-8-6-5-7-9-16)33-12-17-19(28)20(29)21(34-17)27-15(4)25-18(23)10-24-27;1-3-5-9(6-4-2)14(24)18-11-7-17-20(16(25)19-11)15-13(23)12(22)10(8-21)26-15;1-4-7(2)11(17)15(23)24-6-9-12(21)13(22)14(25-9)20-8(3)19-10(16)5-18-20;1-4(16)12-6-2-11-14(10(19)13-6)9-8(18)7(17)5(3-15)20-9/h5-10,13-14,17,19-21,28-29H,4,11-12H2,1-3H3,(H2,23,25)(H,26,31);7,9-10,12-13,15,21-23H,3-6,8H2,1-2H3,(H,18,19,24,25);5,7,9,11-14,21-22H,3-4,6,17H2,1-2H3,(H2,16,19);2,5,7-9,15,17-18H,3H2,1H3,(H,12,13,16,19)/t14-,17+,19?,20-,21+,36?;10-,12?,13+,15-;7-,9+,11-,12?,13-,14+;5-,7?,8+,9-/m0101/s1. The number of esters is 2. The van der Waals surface area contributed by atoms with Gasteiger partial charge in [-0.15, -0.1) is 0 Å². The molecule has 8 heterocycles. The zero-order valence-corrected chi connectivity index (χ0v) is 60.8. The topological polar surface area (TPSA) is 627 Å². The minimum absolute atomic E-state index is 0.0141. The van der Waals surface area contributed by atoms with Crippen molar-refractivity contribution < 1.29 is 112 Å². The SMILES string of the molecule is C=C1N=C(N)C=NN1[C@@H]1O[C@H](COC(=O)[C@@H](N)[C@@H](C)CC)C(O)[C@@H]1O.C=C1N=C(N)C=NN1[C@@H]1O[C@H](COP(=O)(N[C@@H](C)C(=O)OCC(C)C)Oc2ccccc2)C(O)[C@@H]1O.CC(=O)Nc1cnn([C@@H]2O[C@H](CO)C(O)[C@@H]2O)c(=O)n1.CCCC(CCC)C(=O)Nc1cnn([C@@H]2O[C@H](CO)C(O)[C@@H]2O)c(=O)n1. The van der Waals surface area contributed by atoms with Crippen LogP contribution in [-0.4, -0.2) is 269 Å². The number of benzene rings is 1. The van der Waals surface area contributed by atoms with E-state index in [1.54, 1.807) is 30.3 Å². The molecule has 3 aromatic rings. The number of hydrogen-bond donors (Lipinski definition) is 16. The fraction of sp³-hybridized carbons (Fsp3) is 0.619. The highest BCUT2D eigenvalue weighted by Crippen LogP contribution is 2.46. The minimum atomic E-state index is -4.19. The summed E-state index contributed by atoms with van der Waals surface area (Å²) >= 11 is 0. The number of nitrogens with two attached hydrogens (primary N) is 3. The molecule has 5 unspecified atom stereocenters. The van der Waals surface area contributed by atoms with Crippen LogP contribution in [0.2, 0.25) is 0 Å². The molecule has 0 aliphatic carbocycles. The fourth-order valence-electron chi connectivity index (χ4n) is 10.5. The van der Waals surface area contributed by atoms with Crippen LogP contribution in [0.1, 0.15) is 99.9 Å². The molecule has 4 fully saturated rings. The van der Waals surface area contributed by atoms with E-state index in [2.05, 4.69) is 69.2 Å². The molecule has 2 aromatic heterocycles. The number of aliphatic hydroxyl groups excluding tert-OH is 10. The van der Waals surface area contributed by atoms with Crippen molar-refractivity contribution in [3.05, 3.63) is 88.5 Å². The number of aliphatic hydroxyl groups is 10. The van der Waals surface area contributed by atoms with Crippen molar-refractivity contribution in [2.24, 2.45) is 55.1 Å². The zero-order valence-electron chi connectivity index (χ0n) is 59.9. The van der Waals surface area contributed by atoms with Gasteiger partial charge >= 0.3 is 31.1 Å². The van der Waals surface area contributed by atoms with Crippen molar-refractivity contribution in [1.82, 2.24) is 44.6 Å². The largest absolute Gasteiger partial charge is 0.464 e. The average molecular weight is 1540 g/mol. The highest BCUT2D eigenvalue weighted by atomic mass is 31.2. The number of amidine groups is 2. The number of hydrazone groups is 2. The Labute approximate surface area is 612 Å². The van der Waals surface area contributed by atoms with E-state index in [0.717, 1.165) is 52.7 Å². The third-order valence-electron chi connectivity index (χ3n) is 16.5. The molecule has 4 saturated heterocycles. The van der Waals surface area contributed by atoms with Gasteiger partial charge in [-0.25, -0.2) is 34.2 Å². The third kappa shape index (κ3) is 23.7. The normalized spacial score (nSPS) is 28.0. The summed E-state index contributed by atoms with van der Waals surface area (Å²) in [4.78, 5) is 86.5. The van der Waals surface area contributed by atoms with Crippen LogP contribution in [0.25, 0.3) is 0 Å². The molecular formula is C63H97N18O25P. The lowest BCUT2D eigenvalue weighted by molar-refractivity contribution is -0.154. The summed E-state index contributed by atoms with van der Waals surface area (Å²) in [5.41, 5.74) is 15.2. The third-order valence-corrected chi connectivity index (χ3v) is 18.2. The summed E-state index contributed by atoms with van der Waals surface area (Å²) in [5, 5.41) is 124. The number of aliphatic imine (C=N–C) groups is 2. The number of ether oxygens (including phenoxy) is 6. The molecule has 594 valence electrons. The maximum atomic E-state index is 13.6. The van der Waals surface area contributed by atoms with E-state index in [-0.39, 0.29) is 77.6 Å². The first-order chi connectivity index (χ1) is 50.6. The lowest BCUT2D eigenvalue weighted by Crippen LogP contribution is -2.42. The van der Waals surface area contributed by atoms with Gasteiger partial charge in [0.05, 0.1) is 51.3 Å². The van der Waals surface area contributed by atoms with Gasteiger partial charge in [-0.1, -0.05) is 92.2 Å². The maximum Gasteiger partial charge on any atom is 0.459 e. The molecule has 0 saturated carbocycles. The summed E-state index contributed by atoms with van der Waals surface area (Å²) in [5.74, 6) is -1.18. The van der Waals surface area contributed by atoms with Crippen molar-refractivity contribution in [2.75, 3.05) is 43.7 Å². The molecule has 6 aliphatic rings. The van der Waals surface area contributed by atoms with E-state index in [0.29, 0.717) is 0 Å². The van der Waals surface area contributed by atoms with Crippen LogP contribution in [0.15, 0.2) is 97.3 Å². The Hall–Kier alpha value is -8.57. The minimum Gasteiger partial charge on any atom is -0.464 e. The first kappa shape index (κ1) is 87.3. The van der Waals surface area contributed by atoms with Gasteiger partial charge in [0.2, 0.25) is 11.8 Å². The quantitative estimate of drug-likeness (QED) is 0.0244. The molecule has 44 heteroatoms. The van der Waals surface area contributed by atoms with Crippen molar-refractivity contribution in [1.29, 1.82) is 0 Å². The lowest BCUT2D eigenvalue weighted by atomic mass is 9.97. The predicted molar refractivity (Wildman–Crippen MR) is 376 cm³/mol. The second kappa shape index (κ2) is 40.6. The van der Waals surface area contributed by atoms with Crippen LogP contribution >= 0.6 is 7.75 Å². The van der Waals surface area contributed by atoms with E-state index in [4.69, 9.17) is 64.9 Å². The van der Waals surface area contributed by atoms with E-state index in [9.17, 15) is 74.2 Å². The molecule has 43 nitrogen and oxygen atoms in total. The van der Waals surface area contributed by atoms with E-state index >= 15 is 0 Å². The summed E-state index contributed by atoms with van der Waals surface area (Å²) in [6.45, 7) is 20.1. The second-order valence-electron chi connectivity index (χ2n) is 25.4. The van der Waals surface area contributed by atoms with Gasteiger partial charge in [-0.05, 0) is 43.7 Å². The first-order valence-corrected chi connectivity index (χ1v) is 35.5. The van der Waals surface area contributed by atoms with E-state index < -0.39 is 167 Å². The summed E-state index contributed by atoms with van der Waals surface area (Å²) in [6, 6.07) is 6.42. The number of hydrogen-bond acceptors (Lipinski definition) is 38. The molecule has 9 rings (SSSR count). The number of aromatic nitrogens is 6. The van der Waals surface area contributed by atoms with Gasteiger partial charge in [-0.2, -0.15) is 44.8 Å². The zero-order chi connectivity index (χ0) is 79.3. The average Bonchev–Trinajstić information content (AvgIpc) is 1.67. The lowest BCUT2D eigenvalue weighted by Gasteiger charge is -2.28. The summed E-state index contributed by atoms with van der Waals surface area (Å²) in [7, 11) is -4.19. The Kier molecular flexibility index (Phi) is 33.1. The Bertz CT molecular complexity index is 3780. The molecule has 0 bridgehead atoms. The monoisotopic (exact) mass is 1540 g/mol. The van der Waals surface area contributed by atoms with Gasteiger partial charge in [0.15, 0.2) is 36.5 Å². The Balaban J connectivity index is 0.000000228. The number of carbonyl (C=O) groups excluding carboxylic acids is 4. The Morgan fingerprint density at radius 2 is 1.07 bits per heavy atom. The molecule has 6 aliphatic heterocycles. The van der Waals surface area contributed by atoms with Crippen LogP contribution < -0.4 is 48.8 Å². The Morgan fingerprint density at radius 1 is 0.626 bits per heavy atom. The highest BCUT2D eigenvalue weighted by Gasteiger charge is 2.50. The molecule has 107 heavy (non-hydrogen) atoms. The van der Waals surface area contributed by atoms with Crippen molar-refractivity contribution in [2.45, 2.75) is 198 Å². The van der Waals surface area contributed by atoms with Gasteiger partial charge in [0.25, 0.3) is 0 Å². The fourth-order valence-corrected chi connectivity index (χ4v) is 12.0. The van der Waals surface area contributed by atoms with Gasteiger partial charge in [0.1, 0.15) is 121 Å². The Morgan fingerprint density at radius 3 is 1.48 bits per heavy atom. The van der Waals surface area contributed by atoms with Crippen LogP contribution in [0.4, 0.5) is 11.6 Å². The van der Waals surface area contributed by atoms with Crippen molar-refractivity contribution in [3.63, 3.8) is 0 Å². The smallest absolute Gasteiger partial charge is 0.459 e. The molecule has 20 atom stereocenters. The van der Waals surface area contributed by atoms with Crippen molar-refractivity contribution >= 4 is 67.2 Å². The molecule has 19 N–H and O–H groups in total. The van der Waals surface area contributed by atoms with Gasteiger partial charge < -0.3 is 112 Å². The number of amides is 2. The van der Waals surface area contributed by atoms with Gasteiger partial charge in [-0.3, -0.25) is 23.7 Å². The number of nitrogens with one attached hydrogen (secondary N) is 3. The number of anilines is 2. The number of carbonyl (C=O) groups is 4. The second-order valence-corrected chi connectivity index (χ2v) is 27.1. The molecular weight excluding hydrogens is 1440 g/mol. The van der Waals surface area contributed by atoms with E-state index in [1.165, 1.54) is 37.5 Å².